The van der Waals surface area contributed by atoms with Crippen molar-refractivity contribution in [1.82, 2.24) is 10.1 Å². The third-order valence-corrected chi connectivity index (χ3v) is 4.88. The Kier molecular flexibility index (Phi) is 4.93. The Morgan fingerprint density at radius 1 is 1.07 bits per heavy atom. The smallest absolute Gasteiger partial charge is 0.276 e. The molecule has 2 amide bonds. The second-order valence-electron chi connectivity index (χ2n) is 6.98. The van der Waals surface area contributed by atoms with Gasteiger partial charge >= 0.3 is 0 Å². The van der Waals surface area contributed by atoms with Gasteiger partial charge in [-0.2, -0.15) is 0 Å². The number of benzene rings is 2. The van der Waals surface area contributed by atoms with Crippen LogP contribution in [0.3, 0.4) is 0 Å². The molecule has 1 aliphatic heterocycles. The molecule has 2 aromatic carbocycles. The zero-order valence-corrected chi connectivity index (χ0v) is 15.6. The number of aryl methyl sites for hydroxylation is 1. The maximum absolute atomic E-state index is 13.2. The minimum atomic E-state index is -0.221. The topological polar surface area (TPSA) is 66.7 Å². The highest BCUT2D eigenvalue weighted by Crippen LogP contribution is 2.25. The lowest BCUT2D eigenvalue weighted by Gasteiger charge is -2.40. The molecule has 0 radical (unpaired) electrons. The fourth-order valence-electron chi connectivity index (χ4n) is 3.32. The molecule has 142 valence electrons. The molecule has 1 aromatic heterocycles. The fraction of sp³-hybridized carbons (Fsp3) is 0.227. The van der Waals surface area contributed by atoms with E-state index in [9.17, 15) is 9.59 Å². The Hall–Kier alpha value is -3.41. The lowest BCUT2D eigenvalue weighted by Crippen LogP contribution is -2.56. The number of anilines is 1. The van der Waals surface area contributed by atoms with E-state index in [2.05, 4.69) is 5.16 Å². The molecule has 0 bridgehead atoms. The summed E-state index contributed by atoms with van der Waals surface area (Å²) >= 11 is 0. The van der Waals surface area contributed by atoms with Gasteiger partial charge in [-0.15, -0.1) is 0 Å². The van der Waals surface area contributed by atoms with E-state index in [1.54, 1.807) is 22.8 Å². The van der Waals surface area contributed by atoms with Gasteiger partial charge in [-0.1, -0.05) is 53.7 Å². The van der Waals surface area contributed by atoms with Crippen LogP contribution >= 0.6 is 0 Å². The molecular weight excluding hydrogens is 354 g/mol. The van der Waals surface area contributed by atoms with Crippen molar-refractivity contribution >= 4 is 17.5 Å². The fourth-order valence-corrected chi connectivity index (χ4v) is 3.32. The molecule has 0 N–H and O–H groups in total. The second-order valence-corrected chi connectivity index (χ2v) is 6.98. The van der Waals surface area contributed by atoms with Crippen molar-refractivity contribution in [1.29, 1.82) is 0 Å². The summed E-state index contributed by atoms with van der Waals surface area (Å²) in [5.74, 6) is 0.195. The van der Waals surface area contributed by atoms with Gasteiger partial charge in [-0.05, 0) is 24.6 Å². The number of nitrogens with zero attached hydrogens (tertiary/aromatic N) is 3. The average molecular weight is 375 g/mol. The number of para-hydroxylation sites is 1. The largest absolute Gasteiger partial charge is 0.361 e. The Labute approximate surface area is 163 Å². The SMILES string of the molecule is Cc1cc(C(=O)N2CC(C(=O)N(Cc3ccccc3)c3ccccc3)C2)no1. The van der Waals surface area contributed by atoms with Crippen LogP contribution in [-0.2, 0) is 11.3 Å². The summed E-state index contributed by atoms with van der Waals surface area (Å²) in [6.07, 6.45) is 0. The second kappa shape index (κ2) is 7.68. The molecule has 0 saturated carbocycles. The number of aromatic nitrogens is 1. The highest BCUT2D eigenvalue weighted by atomic mass is 16.5. The van der Waals surface area contributed by atoms with Crippen LogP contribution in [0.2, 0.25) is 0 Å². The van der Waals surface area contributed by atoms with Gasteiger partial charge in [-0.3, -0.25) is 9.59 Å². The highest BCUT2D eigenvalue weighted by molar-refractivity contribution is 5.99. The van der Waals surface area contributed by atoms with Crippen molar-refractivity contribution in [3.8, 4) is 0 Å². The normalized spacial score (nSPS) is 13.8. The number of rotatable bonds is 5. The first kappa shape index (κ1) is 18.0. The Bertz CT molecular complexity index is 963. The summed E-state index contributed by atoms with van der Waals surface area (Å²) in [6.45, 7) is 3.02. The first-order valence-corrected chi connectivity index (χ1v) is 9.25. The quantitative estimate of drug-likeness (QED) is 0.686. The van der Waals surface area contributed by atoms with Gasteiger partial charge in [0.05, 0.1) is 12.5 Å². The number of carbonyl (C=O) groups is 2. The predicted octanol–water partition coefficient (Wildman–Crippen LogP) is 3.29. The van der Waals surface area contributed by atoms with Crippen molar-refractivity contribution in [2.75, 3.05) is 18.0 Å². The van der Waals surface area contributed by atoms with Crippen LogP contribution in [0, 0.1) is 12.8 Å². The minimum Gasteiger partial charge on any atom is -0.361 e. The zero-order valence-electron chi connectivity index (χ0n) is 15.6. The van der Waals surface area contributed by atoms with Gasteiger partial charge in [0.15, 0.2) is 5.69 Å². The summed E-state index contributed by atoms with van der Waals surface area (Å²) in [4.78, 5) is 29.0. The van der Waals surface area contributed by atoms with E-state index in [-0.39, 0.29) is 23.4 Å². The van der Waals surface area contributed by atoms with Crippen LogP contribution in [0.25, 0.3) is 0 Å². The molecule has 0 unspecified atom stereocenters. The zero-order chi connectivity index (χ0) is 19.5. The molecule has 2 heterocycles. The molecule has 1 saturated heterocycles. The number of hydrogen-bond acceptors (Lipinski definition) is 4. The molecule has 4 rings (SSSR count). The van der Waals surface area contributed by atoms with Crippen LogP contribution in [0.1, 0.15) is 21.8 Å². The summed E-state index contributed by atoms with van der Waals surface area (Å²) in [6, 6.07) is 21.1. The van der Waals surface area contributed by atoms with E-state index in [1.165, 1.54) is 0 Å². The molecule has 28 heavy (non-hydrogen) atoms. The third-order valence-electron chi connectivity index (χ3n) is 4.88. The van der Waals surface area contributed by atoms with Gasteiger partial charge in [0.2, 0.25) is 5.91 Å². The predicted molar refractivity (Wildman–Crippen MR) is 105 cm³/mol. The number of amides is 2. The van der Waals surface area contributed by atoms with Gasteiger partial charge in [-0.25, -0.2) is 0 Å². The summed E-state index contributed by atoms with van der Waals surface area (Å²) in [5.41, 5.74) is 2.20. The van der Waals surface area contributed by atoms with Crippen LogP contribution < -0.4 is 4.90 Å². The van der Waals surface area contributed by atoms with Crippen LogP contribution in [-0.4, -0.2) is 35.0 Å². The first-order valence-electron chi connectivity index (χ1n) is 9.25. The lowest BCUT2D eigenvalue weighted by molar-refractivity contribution is -0.126. The van der Waals surface area contributed by atoms with E-state index in [0.717, 1.165) is 11.3 Å². The standard InChI is InChI=1S/C22H21N3O3/c1-16-12-20(23-28-16)22(27)24-14-18(15-24)21(26)25(19-10-6-3-7-11-19)13-17-8-4-2-5-9-17/h2-12,18H,13-15H2,1H3. The molecule has 3 aromatic rings. The summed E-state index contributed by atoms with van der Waals surface area (Å²) < 4.78 is 4.97. The number of hydrogen-bond donors (Lipinski definition) is 0. The number of likely N-dealkylation sites (tertiary alicyclic amines) is 1. The van der Waals surface area contributed by atoms with E-state index in [1.807, 2.05) is 60.7 Å². The Balaban J connectivity index is 1.47. The molecule has 0 atom stereocenters. The van der Waals surface area contributed by atoms with Crippen molar-refractivity contribution < 1.29 is 14.1 Å². The minimum absolute atomic E-state index is 0.0236. The van der Waals surface area contributed by atoms with Gasteiger partial charge in [0.25, 0.3) is 5.91 Å². The van der Waals surface area contributed by atoms with Crippen LogP contribution in [0.4, 0.5) is 5.69 Å². The molecule has 1 aliphatic rings. The molecule has 1 fully saturated rings. The van der Waals surface area contributed by atoms with Crippen LogP contribution in [0.5, 0.6) is 0 Å². The van der Waals surface area contributed by atoms with Gasteiger partial charge in [0, 0.05) is 24.8 Å². The Morgan fingerprint density at radius 3 is 2.32 bits per heavy atom. The average Bonchev–Trinajstić information content (AvgIpc) is 3.12. The van der Waals surface area contributed by atoms with Crippen molar-refractivity contribution in [2.24, 2.45) is 5.92 Å². The van der Waals surface area contributed by atoms with Gasteiger partial charge < -0.3 is 14.3 Å². The van der Waals surface area contributed by atoms with Crippen molar-refractivity contribution in [3.63, 3.8) is 0 Å². The molecular formula is C22H21N3O3. The Morgan fingerprint density at radius 2 is 1.71 bits per heavy atom. The molecule has 0 aliphatic carbocycles. The van der Waals surface area contributed by atoms with Crippen molar-refractivity contribution in [2.45, 2.75) is 13.5 Å². The first-order chi connectivity index (χ1) is 13.6. The van der Waals surface area contributed by atoms with Crippen molar-refractivity contribution in [3.05, 3.63) is 83.7 Å². The van der Waals surface area contributed by atoms with E-state index in [4.69, 9.17) is 4.52 Å². The summed E-state index contributed by atoms with van der Waals surface area (Å²) in [7, 11) is 0. The van der Waals surface area contributed by atoms with E-state index >= 15 is 0 Å². The van der Waals surface area contributed by atoms with E-state index < -0.39 is 0 Å². The monoisotopic (exact) mass is 375 g/mol. The third kappa shape index (κ3) is 3.67. The summed E-state index contributed by atoms with van der Waals surface area (Å²) in [5, 5.41) is 3.77. The van der Waals surface area contributed by atoms with E-state index in [0.29, 0.717) is 25.4 Å². The molecule has 6 heteroatoms. The maximum atomic E-state index is 13.2. The lowest BCUT2D eigenvalue weighted by atomic mass is 9.97. The van der Waals surface area contributed by atoms with Gasteiger partial charge in [0.1, 0.15) is 5.76 Å². The molecule has 6 nitrogen and oxygen atoms in total. The number of carbonyl (C=O) groups excluding carboxylic acids is 2. The maximum Gasteiger partial charge on any atom is 0.276 e. The van der Waals surface area contributed by atoms with Crippen LogP contribution in [0.15, 0.2) is 71.3 Å². The highest BCUT2D eigenvalue weighted by Gasteiger charge is 2.39. The molecule has 0 spiro atoms.